The average molecular weight is 464 g/mol. The maximum absolute atomic E-state index is 13.1. The van der Waals surface area contributed by atoms with Gasteiger partial charge in [0.2, 0.25) is 0 Å². The average Bonchev–Trinajstić information content (AvgIpc) is 3.06. The summed E-state index contributed by atoms with van der Waals surface area (Å²) in [5, 5.41) is 0. The van der Waals surface area contributed by atoms with Crippen LogP contribution in [0.2, 0.25) is 0 Å². The number of quaternary nitrogens is 1. The summed E-state index contributed by atoms with van der Waals surface area (Å²) in [4.78, 5) is 16.2. The topological polar surface area (TPSA) is 34.0 Å². The predicted molar refractivity (Wildman–Crippen MR) is 120 cm³/mol. The molecule has 2 saturated carbocycles. The third-order valence-electron chi connectivity index (χ3n) is 8.84. The Balaban J connectivity index is 1.21. The monoisotopic (exact) mass is 463 g/mol. The lowest BCUT2D eigenvalue weighted by Gasteiger charge is -2.50. The molecule has 4 aliphatic rings. The van der Waals surface area contributed by atoms with E-state index in [4.69, 9.17) is 4.74 Å². The zero-order valence-electron chi connectivity index (χ0n) is 19.3. The van der Waals surface area contributed by atoms with E-state index in [1.807, 2.05) is 4.90 Å². The minimum atomic E-state index is -4.33. The molecule has 0 amide bonds. The quantitative estimate of drug-likeness (QED) is 0.548. The molecule has 4 fully saturated rings. The van der Waals surface area contributed by atoms with Crippen molar-refractivity contribution < 1.29 is 27.6 Å². The summed E-state index contributed by atoms with van der Waals surface area (Å²) >= 11 is 0. The first kappa shape index (κ1) is 22.8. The van der Waals surface area contributed by atoms with E-state index in [-0.39, 0.29) is 29.3 Å². The fourth-order valence-corrected chi connectivity index (χ4v) is 6.96. The maximum atomic E-state index is 13.1. The number of rotatable bonds is 3. The number of benzene rings is 1. The standard InChI is InChI=1S/C26H33F3N2O2/c1-17-5-4-8-25(2)15-23-20(14-22(17)25)21(24(32)33-23)16-30-9-11-31(12-10-30)19-7-3-6-18(13-19)26(27,28)29/h3,6-7,13,20-23H,1,4-5,8-12,14-16H2,2H3/p+1/t20-,21?,22?,23-,25?/m1/s1. The van der Waals surface area contributed by atoms with Crippen LogP contribution in [-0.4, -0.2) is 44.8 Å². The third-order valence-corrected chi connectivity index (χ3v) is 8.84. The first-order valence-electron chi connectivity index (χ1n) is 12.3. The summed E-state index contributed by atoms with van der Waals surface area (Å²) in [7, 11) is 0. The highest BCUT2D eigenvalue weighted by Crippen LogP contribution is 2.56. The first-order valence-corrected chi connectivity index (χ1v) is 12.3. The number of alkyl halides is 3. The van der Waals surface area contributed by atoms with E-state index in [9.17, 15) is 18.0 Å². The number of hydrogen-bond donors (Lipinski definition) is 1. The second-order valence-corrected chi connectivity index (χ2v) is 10.9. The molecule has 1 N–H and O–H groups in total. The van der Waals surface area contributed by atoms with Gasteiger partial charge < -0.3 is 14.5 Å². The number of esters is 1. The second-order valence-electron chi connectivity index (χ2n) is 10.9. The van der Waals surface area contributed by atoms with Crippen molar-refractivity contribution in [1.82, 2.24) is 0 Å². The van der Waals surface area contributed by atoms with Crippen molar-refractivity contribution in [3.63, 3.8) is 0 Å². The molecule has 1 aromatic carbocycles. The molecular formula is C26H34F3N2O2+. The molecular weight excluding hydrogens is 429 g/mol. The Morgan fingerprint density at radius 2 is 2.03 bits per heavy atom. The molecule has 1 aromatic rings. The van der Waals surface area contributed by atoms with Crippen molar-refractivity contribution in [1.29, 1.82) is 0 Å². The fraction of sp³-hybridized carbons (Fsp3) is 0.654. The zero-order chi connectivity index (χ0) is 23.4. The Morgan fingerprint density at radius 3 is 2.76 bits per heavy atom. The van der Waals surface area contributed by atoms with Crippen molar-refractivity contribution in [2.75, 3.05) is 37.6 Å². The van der Waals surface area contributed by atoms with Crippen molar-refractivity contribution in [2.45, 2.75) is 51.3 Å². The Kier molecular flexibility index (Phi) is 5.74. The summed E-state index contributed by atoms with van der Waals surface area (Å²) in [6.45, 7) is 10.5. The van der Waals surface area contributed by atoms with Crippen LogP contribution in [0.3, 0.4) is 0 Å². The number of nitrogens with zero attached hydrogens (tertiary/aromatic N) is 1. The van der Waals surface area contributed by atoms with Gasteiger partial charge in [-0.1, -0.05) is 25.1 Å². The summed E-state index contributed by atoms with van der Waals surface area (Å²) in [5.74, 6) is 0.617. The van der Waals surface area contributed by atoms with E-state index in [1.165, 1.54) is 35.4 Å². The van der Waals surface area contributed by atoms with E-state index < -0.39 is 11.7 Å². The number of hydrogen-bond acceptors (Lipinski definition) is 3. The van der Waals surface area contributed by atoms with Gasteiger partial charge in [0.05, 0.1) is 38.3 Å². The van der Waals surface area contributed by atoms with Gasteiger partial charge in [0.15, 0.2) is 0 Å². The van der Waals surface area contributed by atoms with E-state index in [0.29, 0.717) is 24.7 Å². The van der Waals surface area contributed by atoms with Crippen molar-refractivity contribution in [3.8, 4) is 0 Å². The largest absolute Gasteiger partial charge is 0.462 e. The molecule has 4 nitrogen and oxygen atoms in total. The van der Waals surface area contributed by atoms with Crippen LogP contribution in [0.4, 0.5) is 18.9 Å². The predicted octanol–water partition coefficient (Wildman–Crippen LogP) is 3.72. The highest BCUT2D eigenvalue weighted by Gasteiger charge is 2.56. The Hall–Kier alpha value is -2.02. The highest BCUT2D eigenvalue weighted by molar-refractivity contribution is 5.75. The van der Waals surface area contributed by atoms with Gasteiger partial charge in [-0.25, -0.2) is 0 Å². The molecule has 180 valence electrons. The molecule has 2 aliphatic carbocycles. The number of ether oxygens (including phenoxy) is 1. The van der Waals surface area contributed by atoms with Crippen LogP contribution in [0.5, 0.6) is 0 Å². The fourth-order valence-electron chi connectivity index (χ4n) is 6.96. The molecule has 0 bridgehead atoms. The van der Waals surface area contributed by atoms with E-state index in [1.54, 1.807) is 6.07 Å². The molecule has 0 aromatic heterocycles. The normalized spacial score (nSPS) is 35.2. The first-order chi connectivity index (χ1) is 15.6. The van der Waals surface area contributed by atoms with E-state index >= 15 is 0 Å². The molecule has 2 aliphatic heterocycles. The van der Waals surface area contributed by atoms with Crippen LogP contribution in [0.1, 0.15) is 44.6 Å². The maximum Gasteiger partial charge on any atom is 0.416 e. The lowest BCUT2D eigenvalue weighted by molar-refractivity contribution is -0.903. The van der Waals surface area contributed by atoms with Crippen LogP contribution in [0.25, 0.3) is 0 Å². The number of carbonyl (C=O) groups excluding carboxylic acids is 1. The SMILES string of the molecule is C=C1CCCC2(C)C[C@H]3OC(=O)C(C[NH+]4CCN(c5cccc(C(F)(F)F)c5)CC4)[C@H]3CC12. The molecule has 33 heavy (non-hydrogen) atoms. The number of piperazine rings is 1. The van der Waals surface area contributed by atoms with Gasteiger partial charge in [-0.15, -0.1) is 0 Å². The number of allylic oxidation sites excluding steroid dienone is 1. The van der Waals surface area contributed by atoms with Gasteiger partial charge in [-0.05, 0) is 61.6 Å². The summed E-state index contributed by atoms with van der Waals surface area (Å²) < 4.78 is 45.1. The summed E-state index contributed by atoms with van der Waals surface area (Å²) in [6, 6.07) is 5.57. The number of nitrogens with one attached hydrogen (secondary N) is 1. The van der Waals surface area contributed by atoms with Gasteiger partial charge >= 0.3 is 12.1 Å². The lowest BCUT2D eigenvalue weighted by atomic mass is 9.55. The molecule has 3 unspecified atom stereocenters. The Morgan fingerprint density at radius 1 is 1.27 bits per heavy atom. The molecule has 2 heterocycles. The molecule has 0 radical (unpaired) electrons. The Bertz CT molecular complexity index is 924. The van der Waals surface area contributed by atoms with Gasteiger partial charge in [0.25, 0.3) is 0 Å². The zero-order valence-corrected chi connectivity index (χ0v) is 19.3. The van der Waals surface area contributed by atoms with Crippen LogP contribution in [0, 0.1) is 23.2 Å². The minimum absolute atomic E-state index is 0.0282. The highest BCUT2D eigenvalue weighted by atomic mass is 19.4. The number of halogens is 3. The number of fused-ring (bicyclic) bond motifs is 2. The lowest BCUT2D eigenvalue weighted by Crippen LogP contribution is -3.15. The summed E-state index contributed by atoms with van der Waals surface area (Å²) in [6.07, 6.45) is 1.11. The molecule has 2 saturated heterocycles. The van der Waals surface area contributed by atoms with E-state index in [2.05, 4.69) is 13.5 Å². The number of anilines is 1. The minimum Gasteiger partial charge on any atom is -0.462 e. The molecule has 5 atom stereocenters. The third kappa shape index (κ3) is 4.29. The van der Waals surface area contributed by atoms with Gasteiger partial charge in [-0.2, -0.15) is 13.2 Å². The second kappa shape index (κ2) is 8.33. The van der Waals surface area contributed by atoms with Gasteiger partial charge in [0, 0.05) is 11.6 Å². The van der Waals surface area contributed by atoms with E-state index in [0.717, 1.165) is 45.0 Å². The van der Waals surface area contributed by atoms with Crippen LogP contribution in [-0.2, 0) is 15.7 Å². The van der Waals surface area contributed by atoms with Gasteiger partial charge in [-0.3, -0.25) is 4.79 Å². The molecule has 5 rings (SSSR count). The molecule has 0 spiro atoms. The van der Waals surface area contributed by atoms with Crippen molar-refractivity contribution >= 4 is 11.7 Å². The van der Waals surface area contributed by atoms with Crippen LogP contribution < -0.4 is 9.80 Å². The molecule has 7 heteroatoms. The summed E-state index contributed by atoms with van der Waals surface area (Å²) in [5.41, 5.74) is 1.56. The number of carbonyl (C=O) groups is 1. The van der Waals surface area contributed by atoms with Crippen LogP contribution in [0.15, 0.2) is 36.4 Å². The van der Waals surface area contributed by atoms with Crippen LogP contribution >= 0.6 is 0 Å². The smallest absolute Gasteiger partial charge is 0.416 e. The van der Waals surface area contributed by atoms with Crippen molar-refractivity contribution in [3.05, 3.63) is 42.0 Å². The van der Waals surface area contributed by atoms with Gasteiger partial charge in [0.1, 0.15) is 12.0 Å². The van der Waals surface area contributed by atoms with Crippen molar-refractivity contribution in [2.24, 2.45) is 23.2 Å². The Labute approximate surface area is 193 Å².